The Morgan fingerprint density at radius 2 is 1.62 bits per heavy atom. The molecule has 0 fully saturated rings. The second kappa shape index (κ2) is 7.74. The van der Waals surface area contributed by atoms with Crippen LogP contribution in [-0.2, 0) is 6.42 Å². The van der Waals surface area contributed by atoms with Crippen LogP contribution in [0.5, 0.6) is 5.75 Å². The third kappa shape index (κ3) is 4.83. The summed E-state index contributed by atoms with van der Waals surface area (Å²) in [6, 6.07) is 16.5. The zero-order chi connectivity index (χ0) is 15.1. The van der Waals surface area contributed by atoms with Gasteiger partial charge in [-0.25, -0.2) is 0 Å². The van der Waals surface area contributed by atoms with E-state index in [0.717, 1.165) is 19.3 Å². The summed E-state index contributed by atoms with van der Waals surface area (Å²) < 4.78 is 29.3. The number of hydrogen-bond donors (Lipinski definition) is 1. The Morgan fingerprint density at radius 1 is 0.952 bits per heavy atom. The van der Waals surface area contributed by atoms with E-state index in [4.69, 9.17) is 5.73 Å². The van der Waals surface area contributed by atoms with Gasteiger partial charge in [-0.1, -0.05) is 48.5 Å². The molecule has 2 aromatic carbocycles. The third-order valence-electron chi connectivity index (χ3n) is 3.36. The van der Waals surface area contributed by atoms with E-state index in [1.807, 2.05) is 18.2 Å². The average molecular weight is 291 g/mol. The minimum atomic E-state index is -2.83. The van der Waals surface area contributed by atoms with E-state index >= 15 is 0 Å². The average Bonchev–Trinajstić information content (AvgIpc) is 2.48. The van der Waals surface area contributed by atoms with E-state index in [9.17, 15) is 8.78 Å². The molecule has 0 saturated heterocycles. The topological polar surface area (TPSA) is 35.2 Å². The SMILES string of the molecule is NC(CCCc1ccccc1)c1ccccc1OC(F)F. The van der Waals surface area contributed by atoms with Crippen molar-refractivity contribution in [3.05, 3.63) is 65.7 Å². The van der Waals surface area contributed by atoms with E-state index in [1.54, 1.807) is 18.2 Å². The highest BCUT2D eigenvalue weighted by atomic mass is 19.3. The Hall–Kier alpha value is -1.94. The van der Waals surface area contributed by atoms with Gasteiger partial charge in [0.1, 0.15) is 5.75 Å². The van der Waals surface area contributed by atoms with Crippen molar-refractivity contribution in [1.29, 1.82) is 0 Å². The van der Waals surface area contributed by atoms with Gasteiger partial charge in [-0.3, -0.25) is 0 Å². The van der Waals surface area contributed by atoms with Gasteiger partial charge in [-0.05, 0) is 30.9 Å². The maximum atomic E-state index is 12.4. The molecule has 2 rings (SSSR count). The maximum Gasteiger partial charge on any atom is 0.387 e. The van der Waals surface area contributed by atoms with E-state index in [0.29, 0.717) is 5.56 Å². The molecule has 21 heavy (non-hydrogen) atoms. The lowest BCUT2D eigenvalue weighted by molar-refractivity contribution is -0.0506. The molecule has 0 heterocycles. The van der Waals surface area contributed by atoms with Crippen molar-refractivity contribution >= 4 is 0 Å². The van der Waals surface area contributed by atoms with Gasteiger partial charge in [0.25, 0.3) is 0 Å². The first-order chi connectivity index (χ1) is 10.2. The number of para-hydroxylation sites is 1. The molecule has 0 bridgehead atoms. The van der Waals surface area contributed by atoms with Crippen LogP contribution >= 0.6 is 0 Å². The Labute approximate surface area is 123 Å². The molecule has 1 unspecified atom stereocenters. The Balaban J connectivity index is 1.92. The van der Waals surface area contributed by atoms with Crippen molar-refractivity contribution in [1.82, 2.24) is 0 Å². The summed E-state index contributed by atoms with van der Waals surface area (Å²) in [5, 5.41) is 0. The molecule has 0 aromatic heterocycles. The standard InChI is InChI=1S/C17H19F2NO/c18-17(19)21-16-12-5-4-10-14(16)15(20)11-6-9-13-7-2-1-3-8-13/h1-5,7-8,10,12,15,17H,6,9,11,20H2. The number of alkyl halides is 2. The monoisotopic (exact) mass is 291 g/mol. The highest BCUT2D eigenvalue weighted by Gasteiger charge is 2.14. The van der Waals surface area contributed by atoms with Crippen molar-refractivity contribution in [2.45, 2.75) is 31.9 Å². The Bertz CT molecular complexity index is 545. The van der Waals surface area contributed by atoms with Gasteiger partial charge in [0.2, 0.25) is 0 Å². The first-order valence-corrected chi connectivity index (χ1v) is 7.00. The smallest absolute Gasteiger partial charge is 0.387 e. The van der Waals surface area contributed by atoms with Gasteiger partial charge >= 0.3 is 6.61 Å². The minimum absolute atomic E-state index is 0.166. The Morgan fingerprint density at radius 3 is 2.33 bits per heavy atom. The molecule has 0 saturated carbocycles. The summed E-state index contributed by atoms with van der Waals surface area (Å²) in [6.45, 7) is -2.83. The van der Waals surface area contributed by atoms with Crippen molar-refractivity contribution < 1.29 is 13.5 Å². The summed E-state index contributed by atoms with van der Waals surface area (Å²) in [5.74, 6) is 0.166. The molecule has 2 nitrogen and oxygen atoms in total. The number of rotatable bonds is 7. The number of halogens is 2. The zero-order valence-corrected chi connectivity index (χ0v) is 11.7. The van der Waals surface area contributed by atoms with Crippen molar-refractivity contribution in [3.63, 3.8) is 0 Å². The number of aryl methyl sites for hydroxylation is 1. The third-order valence-corrected chi connectivity index (χ3v) is 3.36. The molecule has 0 radical (unpaired) electrons. The van der Waals surface area contributed by atoms with Crippen molar-refractivity contribution in [2.24, 2.45) is 5.73 Å². The van der Waals surface area contributed by atoms with Crippen molar-refractivity contribution in [3.8, 4) is 5.75 Å². The second-order valence-electron chi connectivity index (χ2n) is 4.90. The van der Waals surface area contributed by atoms with E-state index in [2.05, 4.69) is 16.9 Å². The molecule has 2 aromatic rings. The molecule has 0 aliphatic rings. The number of benzene rings is 2. The van der Waals surface area contributed by atoms with Crippen LogP contribution in [-0.4, -0.2) is 6.61 Å². The molecular formula is C17H19F2NO. The molecule has 1 atom stereocenters. The summed E-state index contributed by atoms with van der Waals surface area (Å²) in [7, 11) is 0. The summed E-state index contributed by atoms with van der Waals surface area (Å²) in [6.07, 6.45) is 2.54. The predicted molar refractivity (Wildman–Crippen MR) is 79.4 cm³/mol. The molecule has 0 amide bonds. The van der Waals surface area contributed by atoms with Gasteiger partial charge in [0, 0.05) is 11.6 Å². The predicted octanol–water partition coefficient (Wildman–Crippen LogP) is 4.31. The first kappa shape index (κ1) is 15.4. The quantitative estimate of drug-likeness (QED) is 0.825. The lowest BCUT2D eigenvalue weighted by atomic mass is 9.99. The summed E-state index contributed by atoms with van der Waals surface area (Å²) in [5.41, 5.74) is 7.99. The number of hydrogen-bond acceptors (Lipinski definition) is 2. The lowest BCUT2D eigenvalue weighted by Gasteiger charge is -2.16. The van der Waals surface area contributed by atoms with Crippen LogP contribution in [0.4, 0.5) is 8.78 Å². The van der Waals surface area contributed by atoms with E-state index < -0.39 is 6.61 Å². The Kier molecular flexibility index (Phi) is 5.69. The maximum absolute atomic E-state index is 12.4. The fourth-order valence-electron chi connectivity index (χ4n) is 2.32. The summed E-state index contributed by atoms with van der Waals surface area (Å²) >= 11 is 0. The molecule has 0 aliphatic carbocycles. The largest absolute Gasteiger partial charge is 0.434 e. The lowest BCUT2D eigenvalue weighted by Crippen LogP contribution is -2.13. The molecule has 4 heteroatoms. The van der Waals surface area contributed by atoms with Crippen molar-refractivity contribution in [2.75, 3.05) is 0 Å². The van der Waals surface area contributed by atoms with Crippen LogP contribution in [0, 0.1) is 0 Å². The first-order valence-electron chi connectivity index (χ1n) is 7.00. The molecule has 112 valence electrons. The fourth-order valence-corrected chi connectivity index (χ4v) is 2.32. The van der Waals surface area contributed by atoms with E-state index in [-0.39, 0.29) is 11.8 Å². The summed E-state index contributed by atoms with van der Waals surface area (Å²) in [4.78, 5) is 0. The van der Waals surface area contributed by atoms with Crippen LogP contribution in [0.15, 0.2) is 54.6 Å². The van der Waals surface area contributed by atoms with Crippen LogP contribution in [0.25, 0.3) is 0 Å². The van der Waals surface area contributed by atoms with Gasteiger partial charge in [0.05, 0.1) is 0 Å². The van der Waals surface area contributed by atoms with Gasteiger partial charge < -0.3 is 10.5 Å². The highest BCUT2D eigenvalue weighted by molar-refractivity contribution is 5.35. The second-order valence-corrected chi connectivity index (χ2v) is 4.90. The van der Waals surface area contributed by atoms with Crippen LogP contribution < -0.4 is 10.5 Å². The van der Waals surface area contributed by atoms with Crippen LogP contribution in [0.3, 0.4) is 0 Å². The van der Waals surface area contributed by atoms with Gasteiger partial charge in [0.15, 0.2) is 0 Å². The molecule has 0 aliphatic heterocycles. The zero-order valence-electron chi connectivity index (χ0n) is 11.7. The molecular weight excluding hydrogens is 272 g/mol. The highest BCUT2D eigenvalue weighted by Crippen LogP contribution is 2.28. The minimum Gasteiger partial charge on any atom is -0.434 e. The van der Waals surface area contributed by atoms with Gasteiger partial charge in [-0.2, -0.15) is 8.78 Å². The number of ether oxygens (including phenoxy) is 1. The van der Waals surface area contributed by atoms with Crippen LogP contribution in [0.1, 0.15) is 30.0 Å². The van der Waals surface area contributed by atoms with Crippen LogP contribution in [0.2, 0.25) is 0 Å². The molecule has 2 N–H and O–H groups in total. The normalized spacial score (nSPS) is 12.4. The molecule has 0 spiro atoms. The fraction of sp³-hybridized carbons (Fsp3) is 0.294. The number of nitrogens with two attached hydrogens (primary N) is 1. The van der Waals surface area contributed by atoms with E-state index in [1.165, 1.54) is 11.6 Å². The van der Waals surface area contributed by atoms with Gasteiger partial charge in [-0.15, -0.1) is 0 Å².